The molecule has 100 valence electrons. The highest BCUT2D eigenvalue weighted by molar-refractivity contribution is 5.34. The molecule has 0 saturated carbocycles. The molecule has 5 nitrogen and oxygen atoms in total. The summed E-state index contributed by atoms with van der Waals surface area (Å²) in [6, 6.07) is 2.42. The van der Waals surface area contributed by atoms with Crippen molar-refractivity contribution in [1.82, 2.24) is 15.3 Å². The first-order valence-corrected chi connectivity index (χ1v) is 6.58. The van der Waals surface area contributed by atoms with E-state index in [9.17, 15) is 0 Å². The number of aromatic nitrogens is 2. The molecule has 0 spiro atoms. The van der Waals surface area contributed by atoms with Crippen LogP contribution >= 0.6 is 0 Å². The highest BCUT2D eigenvalue weighted by atomic mass is 16.5. The van der Waals surface area contributed by atoms with Crippen LogP contribution in [-0.4, -0.2) is 42.8 Å². The fourth-order valence-corrected chi connectivity index (χ4v) is 2.27. The highest BCUT2D eigenvalue weighted by Crippen LogP contribution is 2.18. The molecule has 1 N–H and O–H groups in total. The van der Waals surface area contributed by atoms with Crippen molar-refractivity contribution in [3.05, 3.63) is 17.5 Å². The van der Waals surface area contributed by atoms with Crippen molar-refractivity contribution in [1.29, 1.82) is 0 Å². The van der Waals surface area contributed by atoms with Gasteiger partial charge in [0.15, 0.2) is 0 Å². The van der Waals surface area contributed by atoms with Gasteiger partial charge in [0.2, 0.25) is 5.95 Å². The smallest absolute Gasteiger partial charge is 0.226 e. The van der Waals surface area contributed by atoms with Gasteiger partial charge in [0.05, 0.1) is 24.9 Å². The van der Waals surface area contributed by atoms with E-state index in [0.717, 1.165) is 50.1 Å². The van der Waals surface area contributed by atoms with E-state index in [1.54, 1.807) is 0 Å². The summed E-state index contributed by atoms with van der Waals surface area (Å²) in [6.07, 6.45) is 1.05. The van der Waals surface area contributed by atoms with Gasteiger partial charge in [0.1, 0.15) is 0 Å². The second kappa shape index (κ2) is 6.11. The van der Waals surface area contributed by atoms with Gasteiger partial charge in [-0.05, 0) is 26.5 Å². The number of nitrogens with zero attached hydrogens (tertiary/aromatic N) is 3. The fourth-order valence-electron chi connectivity index (χ4n) is 2.27. The molecule has 1 aromatic rings. The lowest BCUT2D eigenvalue weighted by Gasteiger charge is -2.35. The van der Waals surface area contributed by atoms with E-state index in [2.05, 4.69) is 27.1 Å². The van der Waals surface area contributed by atoms with Crippen LogP contribution in [-0.2, 0) is 11.3 Å². The Morgan fingerprint density at radius 2 is 2.33 bits per heavy atom. The summed E-state index contributed by atoms with van der Waals surface area (Å²) in [6.45, 7) is 7.38. The first-order valence-electron chi connectivity index (χ1n) is 6.58. The summed E-state index contributed by atoms with van der Waals surface area (Å²) in [5.41, 5.74) is 2.06. The number of anilines is 1. The maximum atomic E-state index is 5.52. The zero-order chi connectivity index (χ0) is 13.0. The van der Waals surface area contributed by atoms with E-state index in [1.165, 1.54) is 0 Å². The molecule has 0 radical (unpaired) electrons. The third-order valence-electron chi connectivity index (χ3n) is 3.21. The van der Waals surface area contributed by atoms with E-state index in [1.807, 2.05) is 20.0 Å². The summed E-state index contributed by atoms with van der Waals surface area (Å²) in [7, 11) is 1.93. The van der Waals surface area contributed by atoms with Gasteiger partial charge in [-0.25, -0.2) is 9.97 Å². The Hall–Kier alpha value is -1.20. The Balaban J connectivity index is 2.24. The van der Waals surface area contributed by atoms with Crippen LogP contribution in [0.4, 0.5) is 5.95 Å². The van der Waals surface area contributed by atoms with Crippen molar-refractivity contribution >= 4 is 5.95 Å². The summed E-state index contributed by atoms with van der Waals surface area (Å²) in [4.78, 5) is 11.5. The molecule has 1 unspecified atom stereocenters. The number of morpholine rings is 1. The first-order chi connectivity index (χ1) is 8.74. The summed E-state index contributed by atoms with van der Waals surface area (Å²) >= 11 is 0. The molecule has 0 amide bonds. The first kappa shape index (κ1) is 13.2. The van der Waals surface area contributed by atoms with Gasteiger partial charge in [-0.15, -0.1) is 0 Å². The van der Waals surface area contributed by atoms with Crippen molar-refractivity contribution in [3.63, 3.8) is 0 Å². The molecule has 1 aliphatic rings. The van der Waals surface area contributed by atoms with Gasteiger partial charge in [-0.1, -0.05) is 6.92 Å². The van der Waals surface area contributed by atoms with Gasteiger partial charge >= 0.3 is 0 Å². The van der Waals surface area contributed by atoms with Gasteiger partial charge in [0, 0.05) is 18.8 Å². The van der Waals surface area contributed by atoms with E-state index in [0.29, 0.717) is 6.04 Å². The molecule has 1 aromatic heterocycles. The molecule has 2 heterocycles. The standard InChI is InChI=1S/C13H22N4O/c1-4-12-9-18-6-5-17(12)13-15-10(2)7-11(16-13)8-14-3/h7,12,14H,4-6,8-9H2,1-3H3. The molecular formula is C13H22N4O. The minimum absolute atomic E-state index is 0.392. The number of nitrogens with one attached hydrogen (secondary N) is 1. The zero-order valence-electron chi connectivity index (χ0n) is 11.4. The monoisotopic (exact) mass is 250 g/mol. The molecule has 2 rings (SSSR count). The molecular weight excluding hydrogens is 228 g/mol. The molecule has 1 saturated heterocycles. The number of aryl methyl sites for hydroxylation is 1. The maximum Gasteiger partial charge on any atom is 0.226 e. The lowest BCUT2D eigenvalue weighted by Crippen LogP contribution is -2.46. The summed E-state index contributed by atoms with van der Waals surface area (Å²) in [5.74, 6) is 0.843. The Morgan fingerprint density at radius 1 is 1.50 bits per heavy atom. The van der Waals surface area contributed by atoms with E-state index >= 15 is 0 Å². The van der Waals surface area contributed by atoms with Crippen molar-refractivity contribution in [3.8, 4) is 0 Å². The van der Waals surface area contributed by atoms with Crippen LogP contribution in [0.15, 0.2) is 6.07 Å². The van der Waals surface area contributed by atoms with Crippen LogP contribution in [0.2, 0.25) is 0 Å². The molecule has 1 fully saturated rings. The van der Waals surface area contributed by atoms with Gasteiger partial charge in [-0.2, -0.15) is 0 Å². The Morgan fingerprint density at radius 3 is 3.06 bits per heavy atom. The minimum Gasteiger partial charge on any atom is -0.377 e. The molecule has 0 aliphatic carbocycles. The molecule has 1 atom stereocenters. The highest BCUT2D eigenvalue weighted by Gasteiger charge is 2.24. The van der Waals surface area contributed by atoms with E-state index in [-0.39, 0.29) is 0 Å². The summed E-state index contributed by atoms with van der Waals surface area (Å²) in [5, 5.41) is 3.13. The zero-order valence-corrected chi connectivity index (χ0v) is 11.4. The number of hydrogen-bond donors (Lipinski definition) is 1. The summed E-state index contributed by atoms with van der Waals surface area (Å²) < 4.78 is 5.52. The SMILES string of the molecule is CCC1COCCN1c1nc(C)cc(CNC)n1. The van der Waals surface area contributed by atoms with E-state index < -0.39 is 0 Å². The number of hydrogen-bond acceptors (Lipinski definition) is 5. The van der Waals surface area contributed by atoms with Crippen molar-refractivity contribution < 1.29 is 4.74 Å². The van der Waals surface area contributed by atoms with Crippen LogP contribution in [0.1, 0.15) is 24.7 Å². The van der Waals surface area contributed by atoms with Crippen LogP contribution in [0.5, 0.6) is 0 Å². The Kier molecular flexibility index (Phi) is 4.49. The third-order valence-corrected chi connectivity index (χ3v) is 3.21. The largest absolute Gasteiger partial charge is 0.377 e. The average molecular weight is 250 g/mol. The van der Waals surface area contributed by atoms with Gasteiger partial charge in [-0.3, -0.25) is 0 Å². The van der Waals surface area contributed by atoms with Gasteiger partial charge in [0.25, 0.3) is 0 Å². The topological polar surface area (TPSA) is 50.3 Å². The molecule has 18 heavy (non-hydrogen) atoms. The normalized spacial score (nSPS) is 20.2. The quantitative estimate of drug-likeness (QED) is 0.868. The maximum absolute atomic E-state index is 5.52. The average Bonchev–Trinajstić information content (AvgIpc) is 2.38. The van der Waals surface area contributed by atoms with Crippen LogP contribution in [0.25, 0.3) is 0 Å². The Labute approximate surface area is 109 Å². The Bertz CT molecular complexity index is 397. The van der Waals surface area contributed by atoms with Gasteiger partial charge < -0.3 is 15.0 Å². The van der Waals surface area contributed by atoms with Crippen LogP contribution < -0.4 is 10.2 Å². The molecule has 1 aliphatic heterocycles. The fraction of sp³-hybridized carbons (Fsp3) is 0.692. The number of rotatable bonds is 4. The lowest BCUT2D eigenvalue weighted by molar-refractivity contribution is 0.0920. The predicted molar refractivity (Wildman–Crippen MR) is 71.8 cm³/mol. The second-order valence-electron chi connectivity index (χ2n) is 4.66. The van der Waals surface area contributed by atoms with Crippen molar-refractivity contribution in [2.75, 3.05) is 31.7 Å². The van der Waals surface area contributed by atoms with Crippen LogP contribution in [0.3, 0.4) is 0 Å². The van der Waals surface area contributed by atoms with Crippen molar-refractivity contribution in [2.45, 2.75) is 32.9 Å². The molecule has 0 bridgehead atoms. The second-order valence-corrected chi connectivity index (χ2v) is 4.66. The third kappa shape index (κ3) is 2.97. The number of ether oxygens (including phenoxy) is 1. The van der Waals surface area contributed by atoms with Crippen molar-refractivity contribution in [2.24, 2.45) is 0 Å². The van der Waals surface area contributed by atoms with E-state index in [4.69, 9.17) is 4.74 Å². The molecule has 5 heteroatoms. The minimum atomic E-state index is 0.392. The lowest BCUT2D eigenvalue weighted by atomic mass is 10.2. The van der Waals surface area contributed by atoms with Crippen LogP contribution in [0, 0.1) is 6.92 Å². The molecule has 0 aromatic carbocycles. The predicted octanol–water partition coefficient (Wildman–Crippen LogP) is 1.12.